The molecule has 0 aliphatic heterocycles. The van der Waals surface area contributed by atoms with Crippen LogP contribution in [0.4, 0.5) is 17.1 Å². The number of hydrogen-bond donors (Lipinski definition) is 0. The summed E-state index contributed by atoms with van der Waals surface area (Å²) in [6, 6.07) is 28.7. The average Bonchev–Trinajstić information content (AvgIpc) is 3.03. The third-order valence-electron chi connectivity index (χ3n) is 10.2. The van der Waals surface area contributed by atoms with Crippen LogP contribution in [0, 0.1) is 34.6 Å². The Balaban J connectivity index is 2.05. The van der Waals surface area contributed by atoms with Crippen molar-refractivity contribution in [1.82, 2.24) is 0 Å². The molecule has 246 valence electrons. The predicted octanol–water partition coefficient (Wildman–Crippen LogP) is 10.7. The third kappa shape index (κ3) is 7.30. The van der Waals surface area contributed by atoms with Crippen LogP contribution in [0.5, 0.6) is 0 Å². The lowest BCUT2D eigenvalue weighted by Crippen LogP contribution is -2.24. The van der Waals surface area contributed by atoms with Crippen LogP contribution < -0.4 is 14.7 Å². The van der Waals surface area contributed by atoms with E-state index in [2.05, 4.69) is 164 Å². The van der Waals surface area contributed by atoms with E-state index in [1.165, 1.54) is 67.1 Å². The number of hydrogen-bond acceptors (Lipinski definition) is 3. The minimum absolute atomic E-state index is 0.149. The van der Waals surface area contributed by atoms with Crippen LogP contribution in [0.3, 0.4) is 0 Å². The van der Waals surface area contributed by atoms with Gasteiger partial charge in [0.1, 0.15) is 0 Å². The second kappa shape index (κ2) is 15.7. The number of anilines is 3. The van der Waals surface area contributed by atoms with Gasteiger partial charge in [-0.25, -0.2) is 0 Å². The summed E-state index contributed by atoms with van der Waals surface area (Å²) in [6.45, 7) is 31.0. The minimum atomic E-state index is 0.149. The molecule has 1 unspecified atom stereocenters. The van der Waals surface area contributed by atoms with Gasteiger partial charge in [0.2, 0.25) is 0 Å². The van der Waals surface area contributed by atoms with Gasteiger partial charge in [-0.15, -0.1) is 0 Å². The Morgan fingerprint density at radius 1 is 0.370 bits per heavy atom. The largest absolute Gasteiger partial charge is 0.372 e. The molecule has 46 heavy (non-hydrogen) atoms. The molecule has 0 fully saturated rings. The van der Waals surface area contributed by atoms with Crippen LogP contribution in [0.15, 0.2) is 72.8 Å². The summed E-state index contributed by atoms with van der Waals surface area (Å²) in [7, 11) is 0. The molecule has 3 nitrogen and oxygen atoms in total. The van der Waals surface area contributed by atoms with Gasteiger partial charge in [0.25, 0.3) is 0 Å². The molecule has 0 aliphatic rings. The summed E-state index contributed by atoms with van der Waals surface area (Å²) in [6.07, 6.45) is 0. The van der Waals surface area contributed by atoms with Crippen LogP contribution in [0.2, 0.25) is 0 Å². The van der Waals surface area contributed by atoms with Gasteiger partial charge in [0.15, 0.2) is 0 Å². The normalized spacial score (nSPS) is 12.0. The zero-order valence-corrected chi connectivity index (χ0v) is 30.7. The fourth-order valence-corrected chi connectivity index (χ4v) is 7.61. The van der Waals surface area contributed by atoms with Crippen molar-refractivity contribution in [3.05, 3.63) is 123 Å². The molecule has 0 aromatic heterocycles. The first kappa shape index (κ1) is 35.1. The molecule has 0 radical (unpaired) electrons. The van der Waals surface area contributed by atoms with E-state index >= 15 is 0 Å². The first-order valence-electron chi connectivity index (χ1n) is 17.8. The molecule has 4 rings (SSSR count). The summed E-state index contributed by atoms with van der Waals surface area (Å²) >= 11 is 0. The molecule has 0 spiro atoms. The van der Waals surface area contributed by atoms with Gasteiger partial charge >= 0.3 is 0 Å². The van der Waals surface area contributed by atoms with Crippen molar-refractivity contribution in [2.24, 2.45) is 0 Å². The van der Waals surface area contributed by atoms with Crippen molar-refractivity contribution in [2.45, 2.75) is 88.0 Å². The van der Waals surface area contributed by atoms with Crippen LogP contribution in [0.1, 0.15) is 103 Å². The molecule has 0 saturated carbocycles. The SMILES string of the molecule is CCN(CC)c1ccc(C(c2ccc(C)cc2C)C(c2ccc(N(CC)CC)cc2C)c2ccc(N(CC)CC)cc2C)c(C)c1. The van der Waals surface area contributed by atoms with Gasteiger partial charge in [-0.3, -0.25) is 0 Å². The highest BCUT2D eigenvalue weighted by atomic mass is 15.1. The molecular formula is C43H59N3. The fourth-order valence-electron chi connectivity index (χ4n) is 7.61. The van der Waals surface area contributed by atoms with E-state index in [4.69, 9.17) is 0 Å². The molecule has 0 aliphatic carbocycles. The summed E-state index contributed by atoms with van der Waals surface area (Å²) < 4.78 is 0. The van der Waals surface area contributed by atoms with E-state index in [1.807, 2.05) is 0 Å². The molecule has 0 saturated heterocycles. The highest BCUT2D eigenvalue weighted by molar-refractivity contribution is 5.61. The first-order chi connectivity index (χ1) is 22.1. The third-order valence-corrected chi connectivity index (χ3v) is 10.2. The molecule has 0 bridgehead atoms. The smallest absolute Gasteiger partial charge is 0.0368 e. The van der Waals surface area contributed by atoms with Crippen LogP contribution >= 0.6 is 0 Å². The minimum Gasteiger partial charge on any atom is -0.372 e. The lowest BCUT2D eigenvalue weighted by molar-refractivity contribution is 0.677. The monoisotopic (exact) mass is 617 g/mol. The predicted molar refractivity (Wildman–Crippen MR) is 204 cm³/mol. The maximum Gasteiger partial charge on any atom is 0.0368 e. The van der Waals surface area contributed by atoms with Crippen LogP contribution in [-0.4, -0.2) is 39.3 Å². The average molecular weight is 618 g/mol. The van der Waals surface area contributed by atoms with Gasteiger partial charge < -0.3 is 14.7 Å². The lowest BCUT2D eigenvalue weighted by atomic mass is 9.70. The maximum absolute atomic E-state index is 2.45. The molecule has 0 amide bonds. The Kier molecular flexibility index (Phi) is 12.0. The second-order valence-electron chi connectivity index (χ2n) is 13.0. The van der Waals surface area contributed by atoms with Gasteiger partial charge in [-0.1, -0.05) is 42.0 Å². The summed E-state index contributed by atoms with van der Waals surface area (Å²) in [4.78, 5) is 7.35. The Morgan fingerprint density at radius 2 is 0.630 bits per heavy atom. The number of benzene rings is 4. The van der Waals surface area contributed by atoms with Crippen molar-refractivity contribution in [3.63, 3.8) is 0 Å². The molecule has 0 N–H and O–H groups in total. The number of aryl methyl sites for hydroxylation is 5. The number of nitrogens with zero attached hydrogens (tertiary/aromatic N) is 3. The van der Waals surface area contributed by atoms with Crippen molar-refractivity contribution < 1.29 is 0 Å². The van der Waals surface area contributed by atoms with Gasteiger partial charge in [0.05, 0.1) is 0 Å². The molecule has 4 aromatic rings. The molecule has 0 heterocycles. The highest BCUT2D eigenvalue weighted by Gasteiger charge is 2.33. The quantitative estimate of drug-likeness (QED) is 0.139. The Labute approximate surface area is 281 Å². The number of rotatable bonds is 14. The maximum atomic E-state index is 2.45. The Morgan fingerprint density at radius 3 is 0.870 bits per heavy atom. The van der Waals surface area contributed by atoms with E-state index in [1.54, 1.807) is 0 Å². The molecular weight excluding hydrogens is 558 g/mol. The topological polar surface area (TPSA) is 9.72 Å². The van der Waals surface area contributed by atoms with Crippen LogP contribution in [0.25, 0.3) is 0 Å². The fraction of sp³-hybridized carbons (Fsp3) is 0.442. The van der Waals surface area contributed by atoms with Gasteiger partial charge in [0, 0.05) is 68.2 Å². The van der Waals surface area contributed by atoms with Crippen molar-refractivity contribution in [1.29, 1.82) is 0 Å². The summed E-state index contributed by atoms with van der Waals surface area (Å²) in [5, 5.41) is 0. The summed E-state index contributed by atoms with van der Waals surface area (Å²) in [5.74, 6) is 0.304. The van der Waals surface area contributed by atoms with E-state index in [0.29, 0.717) is 0 Å². The van der Waals surface area contributed by atoms with E-state index < -0.39 is 0 Å². The second-order valence-corrected chi connectivity index (χ2v) is 13.0. The van der Waals surface area contributed by atoms with Gasteiger partial charge in [-0.05, 0) is 157 Å². The van der Waals surface area contributed by atoms with Crippen LogP contribution in [-0.2, 0) is 0 Å². The van der Waals surface area contributed by atoms with E-state index in [0.717, 1.165) is 39.3 Å². The Bertz CT molecular complexity index is 1530. The zero-order chi connectivity index (χ0) is 33.5. The molecule has 3 heteroatoms. The highest BCUT2D eigenvalue weighted by Crippen LogP contribution is 2.48. The van der Waals surface area contributed by atoms with Gasteiger partial charge in [-0.2, -0.15) is 0 Å². The first-order valence-corrected chi connectivity index (χ1v) is 17.8. The summed E-state index contributed by atoms with van der Waals surface area (Å²) in [5.41, 5.74) is 16.3. The molecule has 4 aromatic carbocycles. The lowest BCUT2D eigenvalue weighted by Gasteiger charge is -2.35. The van der Waals surface area contributed by atoms with Crippen molar-refractivity contribution in [2.75, 3.05) is 54.0 Å². The van der Waals surface area contributed by atoms with E-state index in [9.17, 15) is 0 Å². The molecule has 1 atom stereocenters. The zero-order valence-electron chi connectivity index (χ0n) is 30.7. The van der Waals surface area contributed by atoms with Crippen molar-refractivity contribution >= 4 is 17.1 Å². The standard InChI is InChI=1S/C43H59N3/c1-12-44(13-2)35-19-23-39(32(9)27-35)42(38-22-18-30(7)26-31(38)8)43(40-24-20-36(28-33(40)10)45(14-3)15-4)41-25-21-37(29-34(41)11)46(16-5)17-6/h18-29,42-43H,12-17H2,1-11H3. The van der Waals surface area contributed by atoms with E-state index in [-0.39, 0.29) is 11.8 Å². The Hall–Kier alpha value is -3.72. The van der Waals surface area contributed by atoms with Crippen molar-refractivity contribution in [3.8, 4) is 0 Å².